The first kappa shape index (κ1) is 20.1. The molecule has 1 aromatic heterocycles. The van der Waals surface area contributed by atoms with Crippen LogP contribution in [0.1, 0.15) is 33.6 Å². The minimum atomic E-state index is -0.493. The number of ether oxygens (including phenoxy) is 1. The number of amides is 1. The maximum atomic E-state index is 13.0. The van der Waals surface area contributed by atoms with Gasteiger partial charge in [0, 0.05) is 24.5 Å². The summed E-state index contributed by atoms with van der Waals surface area (Å²) in [7, 11) is 3.26. The second-order valence-electron chi connectivity index (χ2n) is 7.42. The zero-order valence-electron chi connectivity index (χ0n) is 16.8. The molecule has 1 aliphatic carbocycles. The van der Waals surface area contributed by atoms with Crippen molar-refractivity contribution in [1.29, 1.82) is 0 Å². The van der Waals surface area contributed by atoms with Crippen molar-refractivity contribution in [2.24, 2.45) is 0 Å². The molecule has 0 radical (unpaired) electrons. The number of hydrogen-bond donors (Lipinski definition) is 0. The highest BCUT2D eigenvalue weighted by Crippen LogP contribution is 2.37. The number of rotatable bonds is 4. The predicted octanol–water partition coefficient (Wildman–Crippen LogP) is 4.62. The van der Waals surface area contributed by atoms with Crippen LogP contribution in [0.2, 0.25) is 5.02 Å². The van der Waals surface area contributed by atoms with E-state index in [9.17, 15) is 9.59 Å². The molecule has 0 unspecified atom stereocenters. The van der Waals surface area contributed by atoms with Gasteiger partial charge in [-0.15, -0.1) is 0 Å². The summed E-state index contributed by atoms with van der Waals surface area (Å²) in [5, 5.41) is 1.43. The molecule has 152 valence electrons. The van der Waals surface area contributed by atoms with Crippen molar-refractivity contribution >= 4 is 46.0 Å². The third kappa shape index (κ3) is 3.94. The van der Waals surface area contributed by atoms with Gasteiger partial charge in [-0.25, -0.2) is 9.78 Å². The zero-order valence-corrected chi connectivity index (χ0v) is 17.6. The number of pyridine rings is 1. The number of carbonyl (C=O) groups excluding carboxylic acids is 2. The van der Waals surface area contributed by atoms with Gasteiger partial charge in [-0.3, -0.25) is 4.79 Å². The Kier molecular flexibility index (Phi) is 5.55. The van der Waals surface area contributed by atoms with Gasteiger partial charge in [0.2, 0.25) is 0 Å². The van der Waals surface area contributed by atoms with Crippen LogP contribution in [0.3, 0.4) is 0 Å². The number of fused-ring (bicyclic) bond motifs is 2. The maximum Gasteiger partial charge on any atom is 0.339 e. The van der Waals surface area contributed by atoms with Crippen LogP contribution in [0.4, 0.5) is 0 Å². The summed E-state index contributed by atoms with van der Waals surface area (Å²) in [6.45, 7) is -0.287. The van der Waals surface area contributed by atoms with Crippen LogP contribution in [0.25, 0.3) is 22.6 Å². The van der Waals surface area contributed by atoms with E-state index in [4.69, 9.17) is 21.3 Å². The molecular weight excluding hydrogens is 400 g/mol. The van der Waals surface area contributed by atoms with Crippen LogP contribution in [0, 0.1) is 0 Å². The summed E-state index contributed by atoms with van der Waals surface area (Å²) >= 11 is 5.99. The lowest BCUT2D eigenvalue weighted by Crippen LogP contribution is -2.27. The number of benzene rings is 2. The highest BCUT2D eigenvalue weighted by atomic mass is 35.5. The molecule has 0 aliphatic heterocycles. The largest absolute Gasteiger partial charge is 0.452 e. The van der Waals surface area contributed by atoms with E-state index < -0.39 is 5.97 Å². The molecular formula is C24H21ClN2O3. The van der Waals surface area contributed by atoms with Crippen LogP contribution in [0.15, 0.2) is 48.5 Å². The first-order valence-electron chi connectivity index (χ1n) is 9.69. The number of nitrogens with zero attached hydrogens (tertiary/aromatic N) is 2. The predicted molar refractivity (Wildman–Crippen MR) is 118 cm³/mol. The van der Waals surface area contributed by atoms with Crippen molar-refractivity contribution in [2.75, 3.05) is 20.7 Å². The molecule has 6 heteroatoms. The summed E-state index contributed by atoms with van der Waals surface area (Å²) in [6.07, 6.45) is 3.55. The number of para-hydroxylation sites is 1. The summed E-state index contributed by atoms with van der Waals surface area (Å²) in [5.41, 5.74) is 5.01. The van der Waals surface area contributed by atoms with Gasteiger partial charge in [-0.1, -0.05) is 41.9 Å². The monoisotopic (exact) mass is 420 g/mol. The van der Waals surface area contributed by atoms with Crippen LogP contribution < -0.4 is 0 Å². The lowest BCUT2D eigenvalue weighted by molar-refractivity contribution is -0.131. The Hall–Kier alpha value is -3.18. The van der Waals surface area contributed by atoms with Gasteiger partial charge in [0.05, 0.1) is 16.8 Å². The highest BCUT2D eigenvalue weighted by molar-refractivity contribution is 6.30. The Bertz CT molecular complexity index is 1170. The Morgan fingerprint density at radius 1 is 1.10 bits per heavy atom. The molecule has 0 atom stereocenters. The van der Waals surface area contributed by atoms with Crippen LogP contribution in [0.5, 0.6) is 0 Å². The molecule has 30 heavy (non-hydrogen) atoms. The second kappa shape index (κ2) is 8.28. The Morgan fingerprint density at radius 2 is 1.83 bits per heavy atom. The van der Waals surface area contributed by atoms with Gasteiger partial charge >= 0.3 is 5.97 Å². The average molecular weight is 421 g/mol. The van der Waals surface area contributed by atoms with Crippen molar-refractivity contribution in [3.8, 4) is 0 Å². The molecule has 2 aromatic carbocycles. The van der Waals surface area contributed by atoms with E-state index in [-0.39, 0.29) is 12.5 Å². The zero-order chi connectivity index (χ0) is 21.3. The smallest absolute Gasteiger partial charge is 0.339 e. The first-order valence-corrected chi connectivity index (χ1v) is 10.1. The van der Waals surface area contributed by atoms with Crippen molar-refractivity contribution in [1.82, 2.24) is 9.88 Å². The van der Waals surface area contributed by atoms with Gasteiger partial charge in [0.25, 0.3) is 5.91 Å². The first-order chi connectivity index (χ1) is 14.4. The Balaban J connectivity index is 1.77. The van der Waals surface area contributed by atoms with Crippen molar-refractivity contribution in [3.63, 3.8) is 0 Å². The number of halogens is 1. The third-order valence-electron chi connectivity index (χ3n) is 5.18. The lowest BCUT2D eigenvalue weighted by atomic mass is 10.0. The molecule has 0 bridgehead atoms. The summed E-state index contributed by atoms with van der Waals surface area (Å²) in [4.78, 5) is 31.1. The van der Waals surface area contributed by atoms with Gasteiger partial charge < -0.3 is 9.64 Å². The van der Waals surface area contributed by atoms with Crippen molar-refractivity contribution in [2.45, 2.75) is 12.8 Å². The van der Waals surface area contributed by atoms with E-state index in [1.807, 2.05) is 48.5 Å². The van der Waals surface area contributed by atoms with Crippen molar-refractivity contribution < 1.29 is 14.3 Å². The summed E-state index contributed by atoms with van der Waals surface area (Å²) in [6, 6.07) is 15.1. The fourth-order valence-electron chi connectivity index (χ4n) is 3.60. The van der Waals surface area contributed by atoms with Gasteiger partial charge in [-0.2, -0.15) is 0 Å². The fraction of sp³-hybridized carbons (Fsp3) is 0.208. The molecule has 3 aromatic rings. The van der Waals surface area contributed by atoms with Crippen LogP contribution >= 0.6 is 11.6 Å². The van der Waals surface area contributed by atoms with Crippen LogP contribution in [-0.4, -0.2) is 42.5 Å². The molecule has 4 rings (SSSR count). The van der Waals surface area contributed by atoms with E-state index in [2.05, 4.69) is 6.08 Å². The van der Waals surface area contributed by atoms with E-state index in [0.29, 0.717) is 17.0 Å². The van der Waals surface area contributed by atoms with Crippen LogP contribution in [-0.2, 0) is 16.0 Å². The molecule has 0 spiro atoms. The molecule has 0 saturated carbocycles. The molecule has 0 N–H and O–H groups in total. The van der Waals surface area contributed by atoms with Gasteiger partial charge in [-0.05, 0) is 53.8 Å². The SMILES string of the molecule is CN(C)C(=O)COC(=O)c1c2c(nc3ccccc13)/C(=C\c1ccc(Cl)cc1)CC2. The number of esters is 1. The molecule has 1 amide bonds. The topological polar surface area (TPSA) is 59.5 Å². The average Bonchev–Trinajstić information content (AvgIpc) is 3.13. The van der Waals surface area contributed by atoms with Gasteiger partial charge in [0.1, 0.15) is 0 Å². The molecule has 1 aliphatic rings. The summed E-state index contributed by atoms with van der Waals surface area (Å²) < 4.78 is 5.36. The third-order valence-corrected chi connectivity index (χ3v) is 5.43. The number of likely N-dealkylation sites (N-methyl/N-ethyl adjacent to an activating group) is 1. The standard InChI is InChI=1S/C24H21ClN2O3/c1-27(2)21(28)14-30-24(29)22-18-5-3-4-6-20(18)26-23-16(9-12-19(22)23)13-15-7-10-17(25)11-8-15/h3-8,10-11,13H,9,12,14H2,1-2H3/b16-13-. The highest BCUT2D eigenvalue weighted by Gasteiger charge is 2.28. The maximum absolute atomic E-state index is 13.0. The summed E-state index contributed by atoms with van der Waals surface area (Å²) in [5.74, 6) is -0.755. The number of aromatic nitrogens is 1. The molecule has 0 saturated heterocycles. The van der Waals surface area contributed by atoms with Crippen molar-refractivity contribution in [3.05, 3.63) is 75.9 Å². The Labute approximate surface area is 179 Å². The van der Waals surface area contributed by atoms with E-state index >= 15 is 0 Å². The number of carbonyl (C=O) groups is 2. The van der Waals surface area contributed by atoms with E-state index in [1.54, 1.807) is 14.1 Å². The van der Waals surface area contributed by atoms with E-state index in [1.165, 1.54) is 4.90 Å². The minimum Gasteiger partial charge on any atom is -0.452 e. The molecule has 0 fully saturated rings. The second-order valence-corrected chi connectivity index (χ2v) is 7.85. The normalized spacial score (nSPS) is 14.0. The number of allylic oxidation sites excluding steroid dienone is 1. The molecule has 5 nitrogen and oxygen atoms in total. The Morgan fingerprint density at radius 3 is 2.57 bits per heavy atom. The fourth-order valence-corrected chi connectivity index (χ4v) is 3.73. The minimum absolute atomic E-state index is 0.262. The van der Waals surface area contributed by atoms with Gasteiger partial charge in [0.15, 0.2) is 6.61 Å². The molecule has 1 heterocycles. The number of hydrogen-bond acceptors (Lipinski definition) is 4. The van der Waals surface area contributed by atoms with E-state index in [0.717, 1.165) is 39.7 Å². The quantitative estimate of drug-likeness (QED) is 0.578. The lowest BCUT2D eigenvalue weighted by Gasteiger charge is -2.14.